The summed E-state index contributed by atoms with van der Waals surface area (Å²) in [4.78, 5) is 121. The van der Waals surface area contributed by atoms with Gasteiger partial charge in [-0.1, -0.05) is 137 Å². The SMILES string of the molecule is C.C=C(C)C(=O)OCCN=C=O.C=C(C)C(=O)OCCNC(=O)Oc1ccc(C(c2ccc(OC(=O)NCCOC(=O)C(=C)C)cc2)C(c2ccc(OC(=O)NCCOC(=O)C(=C)C)cc2)c2ccc(OC(=O)NCCOC(=O)C(=C)C)cc2)cc1.Oc1ccc(C(c2ccc(O)cc2)C(c2ccc(O)cc2)c2ccc(O)cc2)cc1.[2H][B].[U]. The van der Waals surface area contributed by atoms with Crippen LogP contribution in [0.4, 0.5) is 19.2 Å². The van der Waals surface area contributed by atoms with Crippen LogP contribution < -0.4 is 40.2 Å². The van der Waals surface area contributed by atoms with E-state index in [-0.39, 0.29) is 184 Å². The normalized spacial score (nSPS) is 10.2. The van der Waals surface area contributed by atoms with Crippen LogP contribution >= 0.6 is 0 Å². The molecule has 2 radical (unpaired) electrons. The van der Waals surface area contributed by atoms with Crippen molar-refractivity contribution in [3.8, 4) is 46.0 Å². The number of amides is 4. The molecular formula is C88H94BN5O23U. The average Bonchev–Trinajstić information content (AvgIpc) is 0.785. The van der Waals surface area contributed by atoms with Crippen LogP contribution in [-0.2, 0) is 52.5 Å². The Bertz CT molecular complexity index is 4210. The predicted molar refractivity (Wildman–Crippen MR) is 437 cm³/mol. The van der Waals surface area contributed by atoms with E-state index in [1.165, 1.54) is 33.8 Å². The number of hydrogen-bond acceptors (Lipinski definition) is 24. The molecule has 8 aromatic carbocycles. The summed E-state index contributed by atoms with van der Waals surface area (Å²) in [5.74, 6) is -2.76. The van der Waals surface area contributed by atoms with E-state index in [4.69, 9.17) is 39.2 Å². The molecule has 616 valence electrons. The Labute approximate surface area is 710 Å². The summed E-state index contributed by atoms with van der Waals surface area (Å²) in [6, 6.07) is 55.3. The fraction of sp³-hybridized carbons (Fsp3) is 0.227. The summed E-state index contributed by atoms with van der Waals surface area (Å²) in [6.07, 6.45) is -1.85. The third-order valence-corrected chi connectivity index (χ3v) is 16.1. The fourth-order valence-corrected chi connectivity index (χ4v) is 10.6. The summed E-state index contributed by atoms with van der Waals surface area (Å²) >= 11 is 0. The summed E-state index contributed by atoms with van der Waals surface area (Å²) in [5, 5.41) is 49.2. The number of nitrogens with zero attached hydrogens (tertiary/aromatic N) is 1. The maximum atomic E-state index is 12.7. The standard InChI is InChI=1S/C54H58N4O16.C26H22O4.C7H9NO3.CH4.BH.U/c1-33(2)47(59)67-29-25-55-51(63)71-41-17-9-37(10-18-41)45(38-11-19-42(20-12-38)72-52(64)56-26-30-68-48(60)34(3)4)46(39-13-21-43(22-14-39)73-53(65)57-27-31-69-49(61)35(5)6)40-15-23-44(24-16-40)74-54(66)58-28-32-70-50(62)36(7)8;27-21-9-1-17(2-10-21)25(18-3-11-22(28)12-4-18)26(19-5-13-23(29)14-6-19)20-7-15-24(30)16-8-20;1-6(2)7(10)11-4-3-8-5-9;;;/h9-24,45-46H,1,3,5,7,25-32H2,2,4,6,8H3,(H,55,63)(H,56,64)(H,57,65)(H,58,66);1-16,25-30H;1,3-4H2,2H3;1H4;1H;/i;;;;1D;. The second-order valence-corrected chi connectivity index (χ2v) is 25.4. The molecule has 118 heavy (non-hydrogen) atoms. The zero-order chi connectivity index (χ0) is 85.9. The molecule has 0 unspecified atom stereocenters. The number of rotatable bonds is 34. The first-order valence-electron chi connectivity index (χ1n) is 36.1. The van der Waals surface area contributed by atoms with E-state index in [1.807, 2.05) is 48.5 Å². The number of isocyanates is 1. The molecule has 0 fully saturated rings. The molecule has 30 heteroatoms. The van der Waals surface area contributed by atoms with E-state index in [2.05, 4.69) is 72.3 Å². The quantitative estimate of drug-likeness (QED) is 0.00353. The maximum Gasteiger partial charge on any atom is 0.412 e. The molecule has 0 saturated carbocycles. The van der Waals surface area contributed by atoms with Gasteiger partial charge in [0.25, 0.3) is 0 Å². The summed E-state index contributed by atoms with van der Waals surface area (Å²) < 4.78 is 51.9. The third kappa shape index (κ3) is 34.0. The van der Waals surface area contributed by atoms with Gasteiger partial charge in [-0.2, -0.15) is 0 Å². The summed E-state index contributed by atoms with van der Waals surface area (Å²) in [5.41, 5.74) is 8.00. The second-order valence-electron chi connectivity index (χ2n) is 25.4. The van der Waals surface area contributed by atoms with Gasteiger partial charge in [-0.25, -0.2) is 52.9 Å². The van der Waals surface area contributed by atoms with Crippen LogP contribution in [0.25, 0.3) is 0 Å². The Hall–Kier alpha value is -13.4. The van der Waals surface area contributed by atoms with Crippen molar-refractivity contribution in [3.63, 3.8) is 0 Å². The molecular weight excluding hydrogens is 1740 g/mol. The van der Waals surface area contributed by atoms with Gasteiger partial charge in [-0.3, -0.25) is 0 Å². The number of hydrogen-bond donors (Lipinski definition) is 8. The van der Waals surface area contributed by atoms with Gasteiger partial charge >= 0.3 is 54.2 Å². The molecule has 0 spiro atoms. The van der Waals surface area contributed by atoms with Gasteiger partial charge in [-0.15, -0.1) is 0 Å². The number of carbonyl (C=O) groups is 9. The summed E-state index contributed by atoms with van der Waals surface area (Å²) in [6.45, 7) is 24.8. The molecule has 8 rings (SSSR count). The van der Waals surface area contributed by atoms with E-state index in [1.54, 1.807) is 153 Å². The van der Waals surface area contributed by atoms with Crippen LogP contribution in [-0.4, -0.2) is 156 Å². The third-order valence-electron chi connectivity index (χ3n) is 16.1. The van der Waals surface area contributed by atoms with Crippen LogP contribution in [0.2, 0.25) is 0 Å². The first kappa shape index (κ1) is 97.0. The molecule has 0 bridgehead atoms. The number of carbonyl (C=O) groups excluding carboxylic acids is 10. The summed E-state index contributed by atoms with van der Waals surface area (Å²) in [7, 11) is 3.75. The van der Waals surface area contributed by atoms with Crippen LogP contribution in [0, 0.1) is 31.1 Å². The van der Waals surface area contributed by atoms with Crippen molar-refractivity contribution >= 4 is 68.7 Å². The van der Waals surface area contributed by atoms with E-state index >= 15 is 0 Å². The van der Waals surface area contributed by atoms with Crippen molar-refractivity contribution in [2.45, 2.75) is 65.7 Å². The van der Waals surface area contributed by atoms with Crippen LogP contribution in [0.1, 0.15) is 110 Å². The van der Waals surface area contributed by atoms with E-state index in [0.29, 0.717) is 27.8 Å². The number of nitrogens with one attached hydrogen (secondary N) is 4. The van der Waals surface area contributed by atoms with Gasteiger partial charge in [0.15, 0.2) is 0 Å². The number of aromatic hydroxyl groups is 4. The minimum absolute atomic E-state index is 0. The van der Waals surface area contributed by atoms with Crippen LogP contribution in [0.5, 0.6) is 46.0 Å². The molecule has 0 heterocycles. The number of phenols is 4. The Morgan fingerprint density at radius 3 is 0.653 bits per heavy atom. The molecule has 8 aromatic rings. The number of ether oxygens (including phenoxy) is 9. The van der Waals surface area contributed by atoms with Gasteiger partial charge in [-0.05, 0) is 178 Å². The smallest absolute Gasteiger partial charge is 0.412 e. The topological polar surface area (TPSA) is 395 Å². The molecule has 4 amide bonds. The van der Waals surface area contributed by atoms with Gasteiger partial charge in [0.2, 0.25) is 6.08 Å². The largest absolute Gasteiger partial charge is 0.508 e. The molecule has 0 aliphatic rings. The van der Waals surface area contributed by atoms with Crippen molar-refractivity contribution < 1.29 is 142 Å². The first-order valence-corrected chi connectivity index (χ1v) is 35.6. The number of phenolic OH excluding ortho intramolecular Hbond substituents is 4. The minimum Gasteiger partial charge on any atom is -0.508 e. The molecule has 0 saturated heterocycles. The van der Waals surface area contributed by atoms with Crippen LogP contribution in [0.3, 0.4) is 0 Å². The molecule has 0 aliphatic carbocycles. The van der Waals surface area contributed by atoms with E-state index in [9.17, 15) is 68.4 Å². The molecule has 0 aliphatic heterocycles. The van der Waals surface area contributed by atoms with E-state index in [0.717, 1.165) is 22.3 Å². The average molecular weight is 1840 g/mol. The van der Waals surface area contributed by atoms with Crippen molar-refractivity contribution in [2.75, 3.05) is 65.8 Å². The molecule has 8 N–H and O–H groups in total. The first-order chi connectivity index (χ1) is 56.0. The Kier molecular flexibility index (Phi) is 42.3. The van der Waals surface area contributed by atoms with Crippen molar-refractivity contribution in [3.05, 3.63) is 299 Å². The maximum absolute atomic E-state index is 12.7. The monoisotopic (exact) mass is 1840 g/mol. The fourth-order valence-electron chi connectivity index (χ4n) is 10.6. The van der Waals surface area contributed by atoms with Gasteiger partial charge in [0.05, 0.1) is 32.7 Å². The van der Waals surface area contributed by atoms with Gasteiger partial charge in [0, 0.05) is 91.0 Å². The van der Waals surface area contributed by atoms with Crippen LogP contribution in [0.15, 0.2) is 260 Å². The molecule has 28 nitrogen and oxygen atoms in total. The molecule has 0 aromatic heterocycles. The van der Waals surface area contributed by atoms with Gasteiger partial charge in [0.1, 0.15) is 79.0 Å². The minimum atomic E-state index is -0.796. The zero-order valence-electron chi connectivity index (χ0n) is 66.0. The number of benzene rings is 8. The van der Waals surface area contributed by atoms with E-state index < -0.39 is 66.1 Å². The van der Waals surface area contributed by atoms with Crippen molar-refractivity contribution in [1.82, 2.24) is 21.3 Å². The molecule has 0 atom stereocenters. The number of esters is 5. The Balaban J connectivity index is 0.000000660. The zero-order valence-corrected chi connectivity index (χ0v) is 69.1. The Morgan fingerprint density at radius 1 is 0.331 bits per heavy atom. The Morgan fingerprint density at radius 2 is 0.492 bits per heavy atom. The second kappa shape index (κ2) is 51.4. The van der Waals surface area contributed by atoms with Crippen molar-refractivity contribution in [1.29, 1.82) is 1.34 Å². The predicted octanol–water partition coefficient (Wildman–Crippen LogP) is 13.4. The number of aliphatic imine (C=N–C) groups is 1. The van der Waals surface area contributed by atoms with Gasteiger partial charge < -0.3 is 84.3 Å². The van der Waals surface area contributed by atoms with Crippen molar-refractivity contribution in [2.24, 2.45) is 4.99 Å².